The summed E-state index contributed by atoms with van der Waals surface area (Å²) in [6.45, 7) is 0.186. The molecule has 2 aromatic heterocycles. The van der Waals surface area contributed by atoms with Crippen molar-refractivity contribution >= 4 is 17.3 Å². The molecule has 0 saturated heterocycles. The highest BCUT2D eigenvalue weighted by Gasteiger charge is 2.08. The molecular weight excluding hydrogens is 306 g/mol. The minimum absolute atomic E-state index is 0.151. The predicted molar refractivity (Wildman–Crippen MR) is 89.7 cm³/mol. The van der Waals surface area contributed by atoms with Crippen LogP contribution in [0.5, 0.6) is 5.75 Å². The number of carbonyl (C=O) groups is 2. The van der Waals surface area contributed by atoms with E-state index in [0.29, 0.717) is 17.9 Å². The molecule has 6 nitrogen and oxygen atoms in total. The normalized spacial score (nSPS) is 10.5. The quantitative estimate of drug-likeness (QED) is 0.724. The molecule has 122 valence electrons. The van der Waals surface area contributed by atoms with Crippen molar-refractivity contribution < 1.29 is 14.3 Å². The molecule has 0 saturated carbocycles. The number of pyridine rings is 1. The molecule has 0 aliphatic rings. The second-order valence-electron chi connectivity index (χ2n) is 5.35. The number of fused-ring (bicyclic) bond motifs is 1. The van der Waals surface area contributed by atoms with Crippen molar-refractivity contribution in [2.24, 2.45) is 5.73 Å². The maximum atomic E-state index is 12.3. The van der Waals surface area contributed by atoms with E-state index in [4.69, 9.17) is 10.5 Å². The van der Waals surface area contributed by atoms with Gasteiger partial charge < -0.3 is 20.2 Å². The average Bonchev–Trinajstić information content (AvgIpc) is 3.02. The molecule has 0 radical (unpaired) electrons. The first-order valence-electron chi connectivity index (χ1n) is 7.47. The second kappa shape index (κ2) is 6.87. The number of nitrogens with two attached hydrogens (primary N) is 1. The van der Waals surface area contributed by atoms with Gasteiger partial charge in [-0.3, -0.25) is 9.59 Å². The van der Waals surface area contributed by atoms with Crippen molar-refractivity contribution in [2.45, 2.75) is 6.54 Å². The number of hydrogen-bond acceptors (Lipinski definition) is 3. The van der Waals surface area contributed by atoms with E-state index >= 15 is 0 Å². The summed E-state index contributed by atoms with van der Waals surface area (Å²) in [7, 11) is 0. The third-order valence-electron chi connectivity index (χ3n) is 3.50. The van der Waals surface area contributed by atoms with Gasteiger partial charge in [0, 0.05) is 24.5 Å². The maximum Gasteiger partial charge on any atom is 0.255 e. The molecule has 6 heteroatoms. The Morgan fingerprint density at radius 2 is 2.00 bits per heavy atom. The largest absolute Gasteiger partial charge is 0.484 e. The lowest BCUT2D eigenvalue weighted by Gasteiger charge is -2.07. The monoisotopic (exact) mass is 323 g/mol. The van der Waals surface area contributed by atoms with Crippen LogP contribution < -0.4 is 15.8 Å². The zero-order valence-corrected chi connectivity index (χ0v) is 12.9. The lowest BCUT2D eigenvalue weighted by Crippen LogP contribution is -2.22. The fourth-order valence-corrected chi connectivity index (χ4v) is 2.36. The summed E-state index contributed by atoms with van der Waals surface area (Å²) >= 11 is 0. The zero-order valence-electron chi connectivity index (χ0n) is 12.9. The van der Waals surface area contributed by atoms with Gasteiger partial charge in [-0.25, -0.2) is 0 Å². The Balaban J connectivity index is 1.63. The highest BCUT2D eigenvalue weighted by Crippen LogP contribution is 2.14. The topological polar surface area (TPSA) is 85.8 Å². The van der Waals surface area contributed by atoms with Crippen LogP contribution in [-0.2, 0) is 11.3 Å². The van der Waals surface area contributed by atoms with Crippen LogP contribution >= 0.6 is 0 Å². The Hall–Kier alpha value is -3.28. The van der Waals surface area contributed by atoms with Gasteiger partial charge in [0.15, 0.2) is 6.61 Å². The zero-order chi connectivity index (χ0) is 16.9. The third kappa shape index (κ3) is 3.73. The number of nitrogens with zero attached hydrogens (tertiary/aromatic N) is 1. The molecule has 3 N–H and O–H groups in total. The van der Waals surface area contributed by atoms with Crippen LogP contribution in [0.1, 0.15) is 15.9 Å². The van der Waals surface area contributed by atoms with Gasteiger partial charge in [0.05, 0.1) is 5.56 Å². The molecule has 3 aromatic rings. The Morgan fingerprint density at radius 3 is 2.79 bits per heavy atom. The first kappa shape index (κ1) is 15.6. The fourth-order valence-electron chi connectivity index (χ4n) is 2.36. The van der Waals surface area contributed by atoms with Crippen molar-refractivity contribution in [3.8, 4) is 5.75 Å². The number of nitrogens with one attached hydrogen (secondary N) is 1. The van der Waals surface area contributed by atoms with E-state index in [1.54, 1.807) is 24.4 Å². The molecule has 0 spiro atoms. The molecule has 0 unspecified atom stereocenters. The van der Waals surface area contributed by atoms with E-state index in [9.17, 15) is 9.59 Å². The highest BCUT2D eigenvalue weighted by atomic mass is 16.5. The summed E-state index contributed by atoms with van der Waals surface area (Å²) in [5.41, 5.74) is 7.48. The molecule has 0 aliphatic heterocycles. The van der Waals surface area contributed by atoms with Crippen molar-refractivity contribution in [1.29, 1.82) is 0 Å². The Kier molecular flexibility index (Phi) is 4.47. The van der Waals surface area contributed by atoms with E-state index < -0.39 is 5.91 Å². The van der Waals surface area contributed by atoms with Gasteiger partial charge >= 0.3 is 0 Å². The van der Waals surface area contributed by atoms with Crippen molar-refractivity contribution in [3.63, 3.8) is 0 Å². The molecule has 2 heterocycles. The summed E-state index contributed by atoms with van der Waals surface area (Å²) in [4.78, 5) is 23.0. The molecular formula is C18H17N3O3. The van der Waals surface area contributed by atoms with Gasteiger partial charge in [-0.1, -0.05) is 18.2 Å². The summed E-state index contributed by atoms with van der Waals surface area (Å²) in [5.74, 6) is -0.146. The summed E-state index contributed by atoms with van der Waals surface area (Å²) < 4.78 is 7.14. The van der Waals surface area contributed by atoms with Gasteiger partial charge in [0.25, 0.3) is 11.8 Å². The SMILES string of the molecule is NC(=O)COc1cccc(CNC(=O)c2cc3ccccn3c2)c1. The fraction of sp³-hybridized carbons (Fsp3) is 0.111. The lowest BCUT2D eigenvalue weighted by atomic mass is 10.2. The maximum absolute atomic E-state index is 12.3. The molecule has 0 aliphatic carbocycles. The van der Waals surface area contributed by atoms with Gasteiger partial charge in [0.2, 0.25) is 0 Å². The molecule has 0 atom stereocenters. The van der Waals surface area contributed by atoms with Gasteiger partial charge in [-0.15, -0.1) is 0 Å². The minimum Gasteiger partial charge on any atom is -0.484 e. The van der Waals surface area contributed by atoms with Crippen LogP contribution in [0.25, 0.3) is 5.52 Å². The van der Waals surface area contributed by atoms with Crippen LogP contribution in [-0.4, -0.2) is 22.8 Å². The Labute approximate surface area is 138 Å². The first-order valence-corrected chi connectivity index (χ1v) is 7.47. The Bertz CT molecular complexity index is 853. The number of hydrogen-bond donors (Lipinski definition) is 2. The number of carbonyl (C=O) groups excluding carboxylic acids is 2. The molecule has 2 amide bonds. The summed E-state index contributed by atoms with van der Waals surface area (Å²) in [5, 5.41) is 2.87. The van der Waals surface area contributed by atoms with Crippen LogP contribution in [0, 0.1) is 0 Å². The van der Waals surface area contributed by atoms with Crippen LogP contribution in [0.15, 0.2) is 60.9 Å². The van der Waals surface area contributed by atoms with E-state index in [2.05, 4.69) is 5.32 Å². The lowest BCUT2D eigenvalue weighted by molar-refractivity contribution is -0.119. The van der Waals surface area contributed by atoms with Crippen LogP contribution in [0.2, 0.25) is 0 Å². The predicted octanol–water partition coefficient (Wildman–Crippen LogP) is 1.73. The number of rotatable bonds is 6. The van der Waals surface area contributed by atoms with Crippen LogP contribution in [0.4, 0.5) is 0 Å². The summed E-state index contributed by atoms with van der Waals surface area (Å²) in [6, 6.07) is 14.8. The molecule has 0 bridgehead atoms. The first-order chi connectivity index (χ1) is 11.6. The Morgan fingerprint density at radius 1 is 1.12 bits per heavy atom. The van der Waals surface area contributed by atoms with Gasteiger partial charge in [-0.2, -0.15) is 0 Å². The van der Waals surface area contributed by atoms with E-state index in [-0.39, 0.29) is 12.5 Å². The number of amides is 2. The molecule has 3 rings (SSSR count). The number of benzene rings is 1. The molecule has 24 heavy (non-hydrogen) atoms. The summed E-state index contributed by atoms with van der Waals surface area (Å²) in [6.07, 6.45) is 3.68. The molecule has 1 aromatic carbocycles. The third-order valence-corrected chi connectivity index (χ3v) is 3.50. The second-order valence-corrected chi connectivity index (χ2v) is 5.35. The minimum atomic E-state index is -0.533. The van der Waals surface area contributed by atoms with E-state index in [1.807, 2.05) is 40.9 Å². The van der Waals surface area contributed by atoms with E-state index in [1.165, 1.54) is 0 Å². The van der Waals surface area contributed by atoms with Crippen molar-refractivity contribution in [3.05, 3.63) is 72.1 Å². The van der Waals surface area contributed by atoms with Crippen molar-refractivity contribution in [2.75, 3.05) is 6.61 Å². The van der Waals surface area contributed by atoms with Gasteiger partial charge in [0.1, 0.15) is 5.75 Å². The standard InChI is InChI=1S/C18H17N3O3/c19-17(22)12-24-16-6-3-4-13(8-16)10-20-18(23)14-9-15-5-1-2-7-21(15)11-14/h1-9,11H,10,12H2,(H2,19,22)(H,20,23). The average molecular weight is 323 g/mol. The van der Waals surface area contributed by atoms with Crippen molar-refractivity contribution in [1.82, 2.24) is 9.72 Å². The van der Waals surface area contributed by atoms with Crippen LogP contribution in [0.3, 0.4) is 0 Å². The highest BCUT2D eigenvalue weighted by molar-refractivity contribution is 5.95. The number of ether oxygens (including phenoxy) is 1. The number of aromatic nitrogens is 1. The number of primary amides is 1. The smallest absolute Gasteiger partial charge is 0.255 e. The molecule has 0 fully saturated rings. The van der Waals surface area contributed by atoms with Gasteiger partial charge in [-0.05, 0) is 35.9 Å². The van der Waals surface area contributed by atoms with E-state index in [0.717, 1.165) is 11.1 Å².